The number of aliphatic carboxylic acids is 2. The van der Waals surface area contributed by atoms with Crippen LogP contribution < -0.4 is 5.32 Å². The zero-order chi connectivity index (χ0) is 29.0. The molecule has 2 aromatic rings. The van der Waals surface area contributed by atoms with Gasteiger partial charge in [0.2, 0.25) is 0 Å². The molecule has 0 bridgehead atoms. The molecule has 1 saturated heterocycles. The SMILES string of the molecule is O=C(O)C(=O)O.OC(CNCC1(N2CCCCC2)CCCCC1)COC(c1ccc(F)cc1)c1ccc(F)cc1. The summed E-state index contributed by atoms with van der Waals surface area (Å²) in [6.45, 7) is 3.84. The van der Waals surface area contributed by atoms with E-state index in [1.807, 2.05) is 0 Å². The summed E-state index contributed by atoms with van der Waals surface area (Å²) in [5.74, 6) is -4.29. The van der Waals surface area contributed by atoms with Crippen LogP contribution in [0.25, 0.3) is 0 Å². The van der Waals surface area contributed by atoms with E-state index >= 15 is 0 Å². The lowest BCUT2D eigenvalue weighted by Gasteiger charge is -2.48. The largest absolute Gasteiger partial charge is 0.473 e. The number of hydrogen-bond acceptors (Lipinski definition) is 6. The second kappa shape index (κ2) is 15.8. The van der Waals surface area contributed by atoms with Gasteiger partial charge in [0, 0.05) is 18.6 Å². The molecule has 2 aromatic carbocycles. The number of nitrogens with one attached hydrogen (secondary N) is 1. The van der Waals surface area contributed by atoms with Gasteiger partial charge in [-0.1, -0.05) is 49.9 Å². The van der Waals surface area contributed by atoms with Gasteiger partial charge in [0.1, 0.15) is 17.7 Å². The van der Waals surface area contributed by atoms with Crippen molar-refractivity contribution >= 4 is 11.9 Å². The van der Waals surface area contributed by atoms with Crippen LogP contribution >= 0.6 is 0 Å². The lowest BCUT2D eigenvalue weighted by Crippen LogP contribution is -2.58. The van der Waals surface area contributed by atoms with Crippen molar-refractivity contribution in [2.75, 3.05) is 32.8 Å². The van der Waals surface area contributed by atoms with Crippen molar-refractivity contribution in [3.05, 3.63) is 71.3 Å². The highest BCUT2D eigenvalue weighted by molar-refractivity contribution is 6.27. The summed E-state index contributed by atoms with van der Waals surface area (Å²) in [4.78, 5) is 20.9. The summed E-state index contributed by atoms with van der Waals surface area (Å²) in [6, 6.07) is 12.2. The molecule has 1 aliphatic heterocycles. The number of nitrogens with zero attached hydrogens (tertiary/aromatic N) is 1. The van der Waals surface area contributed by atoms with Crippen LogP contribution in [0.2, 0.25) is 0 Å². The third-order valence-electron chi connectivity index (χ3n) is 7.63. The third kappa shape index (κ3) is 9.62. The van der Waals surface area contributed by atoms with E-state index in [1.54, 1.807) is 24.3 Å². The van der Waals surface area contributed by atoms with E-state index in [2.05, 4.69) is 10.2 Å². The monoisotopic (exact) mass is 562 g/mol. The van der Waals surface area contributed by atoms with Crippen LogP contribution in [0, 0.1) is 11.6 Å². The van der Waals surface area contributed by atoms with E-state index < -0.39 is 24.1 Å². The summed E-state index contributed by atoms with van der Waals surface area (Å²) in [7, 11) is 0. The Labute approximate surface area is 234 Å². The van der Waals surface area contributed by atoms with Crippen molar-refractivity contribution in [3.63, 3.8) is 0 Å². The van der Waals surface area contributed by atoms with Gasteiger partial charge in [-0.2, -0.15) is 0 Å². The molecule has 1 aliphatic carbocycles. The molecule has 8 nitrogen and oxygen atoms in total. The molecular weight excluding hydrogens is 522 g/mol. The van der Waals surface area contributed by atoms with E-state index in [1.165, 1.54) is 88.7 Å². The molecule has 0 aromatic heterocycles. The Bertz CT molecular complexity index is 997. The molecule has 1 heterocycles. The average Bonchev–Trinajstić information content (AvgIpc) is 2.96. The van der Waals surface area contributed by atoms with Crippen molar-refractivity contribution in [1.29, 1.82) is 0 Å². The smallest absolute Gasteiger partial charge is 0.414 e. The highest BCUT2D eigenvalue weighted by atomic mass is 19.1. The summed E-state index contributed by atoms with van der Waals surface area (Å²) < 4.78 is 33.0. The Morgan fingerprint density at radius 3 is 1.77 bits per heavy atom. The highest BCUT2D eigenvalue weighted by Crippen LogP contribution is 2.35. The van der Waals surface area contributed by atoms with Gasteiger partial charge in [0.15, 0.2) is 0 Å². The van der Waals surface area contributed by atoms with Crippen LogP contribution in [-0.4, -0.2) is 76.6 Å². The fraction of sp³-hybridized carbons (Fsp3) is 0.533. The molecule has 1 saturated carbocycles. The minimum absolute atomic E-state index is 0.128. The fourth-order valence-electron chi connectivity index (χ4n) is 5.58. The number of aliphatic hydroxyl groups is 1. The Hall–Kier alpha value is -2.92. The standard InChI is InChI=1S/C28H38F2N2O2.C2H2O4/c29-24-11-7-22(8-12-24)27(23-9-13-25(30)14-10-23)34-20-26(33)19-31-21-28(15-3-1-4-16-28)32-17-5-2-6-18-32;3-1(4)2(5)6/h7-14,26-27,31,33H,1-6,15-21H2;(H,3,4)(H,5,6). The Kier molecular flexibility index (Phi) is 12.5. The number of aliphatic hydroxyl groups excluding tert-OH is 1. The first-order chi connectivity index (χ1) is 19.2. The second-order valence-corrected chi connectivity index (χ2v) is 10.5. The van der Waals surface area contributed by atoms with E-state index in [4.69, 9.17) is 24.5 Å². The first-order valence-corrected chi connectivity index (χ1v) is 13.9. The number of carboxylic acids is 2. The molecule has 2 fully saturated rings. The zero-order valence-electron chi connectivity index (χ0n) is 22.7. The molecule has 10 heteroatoms. The quantitative estimate of drug-likeness (QED) is 0.316. The highest BCUT2D eigenvalue weighted by Gasteiger charge is 2.38. The van der Waals surface area contributed by atoms with E-state index in [9.17, 15) is 13.9 Å². The van der Waals surface area contributed by atoms with Gasteiger partial charge in [0.25, 0.3) is 0 Å². The molecule has 40 heavy (non-hydrogen) atoms. The van der Waals surface area contributed by atoms with Gasteiger partial charge < -0.3 is 25.4 Å². The van der Waals surface area contributed by atoms with Gasteiger partial charge in [-0.3, -0.25) is 4.90 Å². The molecule has 2 aliphatic rings. The van der Waals surface area contributed by atoms with Crippen LogP contribution in [-0.2, 0) is 14.3 Å². The minimum Gasteiger partial charge on any atom is -0.473 e. The fourth-order valence-corrected chi connectivity index (χ4v) is 5.58. The Morgan fingerprint density at radius 2 is 1.30 bits per heavy atom. The van der Waals surface area contributed by atoms with E-state index in [0.717, 1.165) is 17.7 Å². The number of likely N-dealkylation sites (tertiary alicyclic amines) is 1. The first-order valence-electron chi connectivity index (χ1n) is 13.9. The number of carbonyl (C=O) groups is 2. The van der Waals surface area contributed by atoms with Crippen molar-refractivity contribution < 1.29 is 38.4 Å². The van der Waals surface area contributed by atoms with Crippen LogP contribution in [0.1, 0.15) is 68.6 Å². The number of rotatable bonds is 10. The number of halogens is 2. The molecule has 0 radical (unpaired) electrons. The Balaban J connectivity index is 0.000000663. The van der Waals surface area contributed by atoms with E-state index in [-0.39, 0.29) is 23.8 Å². The Morgan fingerprint density at radius 1 is 0.825 bits per heavy atom. The number of carboxylic acid groups (broad SMARTS) is 2. The molecule has 4 rings (SSSR count). The van der Waals surface area contributed by atoms with Gasteiger partial charge in [-0.05, 0) is 74.2 Å². The van der Waals surface area contributed by atoms with Gasteiger partial charge in [0.05, 0.1) is 12.7 Å². The lowest BCUT2D eigenvalue weighted by atomic mass is 9.79. The predicted octanol–water partition coefficient (Wildman–Crippen LogP) is 4.37. The summed E-state index contributed by atoms with van der Waals surface area (Å²) in [5, 5.41) is 29.0. The van der Waals surface area contributed by atoms with Crippen molar-refractivity contribution in [1.82, 2.24) is 10.2 Å². The van der Waals surface area contributed by atoms with Crippen LogP contribution in [0.4, 0.5) is 8.78 Å². The predicted molar refractivity (Wildman–Crippen MR) is 146 cm³/mol. The third-order valence-corrected chi connectivity index (χ3v) is 7.63. The number of ether oxygens (including phenoxy) is 1. The minimum atomic E-state index is -1.82. The maximum absolute atomic E-state index is 13.4. The van der Waals surface area contributed by atoms with Gasteiger partial charge in [-0.15, -0.1) is 0 Å². The van der Waals surface area contributed by atoms with Crippen LogP contribution in [0.5, 0.6) is 0 Å². The topological polar surface area (TPSA) is 119 Å². The maximum atomic E-state index is 13.4. The number of hydrogen-bond donors (Lipinski definition) is 4. The molecule has 0 spiro atoms. The average molecular weight is 563 g/mol. The summed E-state index contributed by atoms with van der Waals surface area (Å²) >= 11 is 0. The zero-order valence-corrected chi connectivity index (χ0v) is 22.7. The van der Waals surface area contributed by atoms with Crippen molar-refractivity contribution in [2.24, 2.45) is 0 Å². The molecule has 220 valence electrons. The van der Waals surface area contributed by atoms with Gasteiger partial charge >= 0.3 is 11.9 Å². The normalized spacial score (nSPS) is 18.0. The van der Waals surface area contributed by atoms with Crippen LogP contribution in [0.3, 0.4) is 0 Å². The summed E-state index contributed by atoms with van der Waals surface area (Å²) in [5.41, 5.74) is 1.74. The van der Waals surface area contributed by atoms with Crippen molar-refractivity contribution in [2.45, 2.75) is 69.1 Å². The molecule has 0 amide bonds. The lowest BCUT2D eigenvalue weighted by molar-refractivity contribution is -0.159. The van der Waals surface area contributed by atoms with E-state index in [0.29, 0.717) is 6.54 Å². The maximum Gasteiger partial charge on any atom is 0.414 e. The van der Waals surface area contributed by atoms with Crippen LogP contribution in [0.15, 0.2) is 48.5 Å². The first kappa shape index (κ1) is 31.6. The van der Waals surface area contributed by atoms with Crippen molar-refractivity contribution in [3.8, 4) is 0 Å². The number of benzene rings is 2. The second-order valence-electron chi connectivity index (χ2n) is 10.5. The molecule has 1 unspecified atom stereocenters. The summed E-state index contributed by atoms with van der Waals surface area (Å²) in [6.07, 6.45) is 9.05. The number of piperidine rings is 1. The van der Waals surface area contributed by atoms with Gasteiger partial charge in [-0.25, -0.2) is 18.4 Å². The molecule has 1 atom stereocenters. The molecular formula is C30H40F2N2O6. The molecule has 4 N–H and O–H groups in total.